The van der Waals surface area contributed by atoms with E-state index in [0.29, 0.717) is 18.7 Å². The van der Waals surface area contributed by atoms with Crippen molar-refractivity contribution in [3.05, 3.63) is 34.9 Å². The van der Waals surface area contributed by atoms with Gasteiger partial charge in [-0.3, -0.25) is 9.59 Å². The third kappa shape index (κ3) is 10.1. The highest BCUT2D eigenvalue weighted by atomic mass is 32.2. The molecule has 0 spiro atoms. The molecule has 8 heteroatoms. The fourth-order valence-corrected chi connectivity index (χ4v) is 4.31. The predicted octanol–water partition coefficient (Wildman–Crippen LogP) is 5.14. The Bertz CT molecular complexity index is 853. The standard InChI is InChI=1S/C27H45N3O4S/c1-10-12-20(5)28-24(31)23(21-14-13-18(3)19(4)17-21)30(11-2)25(32)22(15-16-35-9)29-26(33)34-27(6,7)8/h13-14,17,20,22-23H,10-12,15-16H2,1-9H3,(H,28,31)(H,29,33). The molecule has 0 radical (unpaired) electrons. The molecule has 35 heavy (non-hydrogen) atoms. The minimum absolute atomic E-state index is 0.0115. The summed E-state index contributed by atoms with van der Waals surface area (Å²) < 4.78 is 5.41. The van der Waals surface area contributed by atoms with E-state index in [2.05, 4.69) is 17.6 Å². The molecule has 0 aliphatic rings. The second-order valence-corrected chi connectivity index (χ2v) is 11.0. The van der Waals surface area contributed by atoms with Crippen molar-refractivity contribution in [3.63, 3.8) is 0 Å². The van der Waals surface area contributed by atoms with Crippen molar-refractivity contribution in [3.8, 4) is 0 Å². The Balaban J connectivity index is 3.37. The van der Waals surface area contributed by atoms with Crippen molar-refractivity contribution in [2.75, 3.05) is 18.6 Å². The van der Waals surface area contributed by atoms with E-state index < -0.39 is 23.8 Å². The van der Waals surface area contributed by atoms with Gasteiger partial charge in [0, 0.05) is 12.6 Å². The second kappa shape index (κ2) is 14.4. The van der Waals surface area contributed by atoms with Gasteiger partial charge < -0.3 is 20.3 Å². The maximum Gasteiger partial charge on any atom is 0.408 e. The van der Waals surface area contributed by atoms with E-state index in [1.165, 1.54) is 0 Å². The van der Waals surface area contributed by atoms with E-state index in [9.17, 15) is 14.4 Å². The molecule has 0 fully saturated rings. The minimum Gasteiger partial charge on any atom is -0.444 e. The summed E-state index contributed by atoms with van der Waals surface area (Å²) in [5, 5.41) is 5.84. The van der Waals surface area contributed by atoms with Crippen molar-refractivity contribution in [2.45, 2.75) is 98.4 Å². The Kier molecular flexibility index (Phi) is 12.6. The summed E-state index contributed by atoms with van der Waals surface area (Å²) in [5.41, 5.74) is 2.24. The maximum absolute atomic E-state index is 13.8. The van der Waals surface area contributed by atoms with Gasteiger partial charge in [0.1, 0.15) is 17.7 Å². The highest BCUT2D eigenvalue weighted by Gasteiger charge is 2.35. The third-order valence-corrected chi connectivity index (χ3v) is 6.38. The lowest BCUT2D eigenvalue weighted by Crippen LogP contribution is -2.53. The quantitative estimate of drug-likeness (QED) is 0.409. The van der Waals surface area contributed by atoms with E-state index >= 15 is 0 Å². The molecule has 0 aliphatic heterocycles. The fourth-order valence-electron chi connectivity index (χ4n) is 3.84. The minimum atomic E-state index is -0.802. The summed E-state index contributed by atoms with van der Waals surface area (Å²) in [6.07, 6.45) is 3.54. The van der Waals surface area contributed by atoms with Crippen molar-refractivity contribution < 1.29 is 19.1 Å². The van der Waals surface area contributed by atoms with Crippen LogP contribution in [0.3, 0.4) is 0 Å². The van der Waals surface area contributed by atoms with Crippen molar-refractivity contribution in [1.29, 1.82) is 0 Å². The van der Waals surface area contributed by atoms with Crippen LogP contribution in [0.2, 0.25) is 0 Å². The second-order valence-electron chi connectivity index (χ2n) is 10.0. The molecule has 0 saturated carbocycles. The molecule has 1 aromatic rings. The monoisotopic (exact) mass is 507 g/mol. The first-order valence-electron chi connectivity index (χ1n) is 12.5. The van der Waals surface area contributed by atoms with Gasteiger partial charge in [-0.25, -0.2) is 4.79 Å². The molecule has 7 nitrogen and oxygen atoms in total. The van der Waals surface area contributed by atoms with E-state index in [1.54, 1.807) is 37.4 Å². The molecule has 3 atom stereocenters. The number of likely N-dealkylation sites (N-methyl/N-ethyl adjacent to an activating group) is 1. The molecule has 2 N–H and O–H groups in total. The van der Waals surface area contributed by atoms with Gasteiger partial charge in [-0.15, -0.1) is 0 Å². The largest absolute Gasteiger partial charge is 0.444 e. The van der Waals surface area contributed by atoms with Gasteiger partial charge in [0.05, 0.1) is 0 Å². The summed E-state index contributed by atoms with van der Waals surface area (Å²) >= 11 is 1.59. The number of rotatable bonds is 12. The van der Waals surface area contributed by atoms with Crippen LogP contribution in [-0.4, -0.2) is 59.0 Å². The highest BCUT2D eigenvalue weighted by Crippen LogP contribution is 2.25. The van der Waals surface area contributed by atoms with Crippen LogP contribution in [-0.2, 0) is 14.3 Å². The van der Waals surface area contributed by atoms with Gasteiger partial charge in [0.2, 0.25) is 11.8 Å². The first-order valence-corrected chi connectivity index (χ1v) is 13.9. The number of nitrogens with zero attached hydrogens (tertiary/aromatic N) is 1. The van der Waals surface area contributed by atoms with E-state index in [1.807, 2.05) is 52.1 Å². The average molecular weight is 508 g/mol. The molecule has 0 bridgehead atoms. The first kappa shape index (κ1) is 30.8. The zero-order valence-electron chi connectivity index (χ0n) is 23.0. The molecule has 0 saturated heterocycles. The van der Waals surface area contributed by atoms with Gasteiger partial charge in [-0.1, -0.05) is 31.5 Å². The topological polar surface area (TPSA) is 87.7 Å². The lowest BCUT2D eigenvalue weighted by Gasteiger charge is -2.34. The summed E-state index contributed by atoms with van der Waals surface area (Å²) in [6.45, 7) is 15.6. The number of alkyl carbamates (subject to hydrolysis) is 1. The van der Waals surface area contributed by atoms with Crippen LogP contribution in [0, 0.1) is 13.8 Å². The number of hydrogen-bond donors (Lipinski definition) is 2. The molecular weight excluding hydrogens is 462 g/mol. The zero-order chi connectivity index (χ0) is 26.8. The van der Waals surface area contributed by atoms with Crippen LogP contribution in [0.5, 0.6) is 0 Å². The molecule has 0 aliphatic carbocycles. The van der Waals surface area contributed by atoms with Gasteiger partial charge in [0.25, 0.3) is 0 Å². The zero-order valence-corrected chi connectivity index (χ0v) is 23.8. The normalized spacial score (nSPS) is 14.0. The average Bonchev–Trinajstić information content (AvgIpc) is 2.75. The molecule has 0 aromatic heterocycles. The van der Waals surface area contributed by atoms with Crippen molar-refractivity contribution in [2.24, 2.45) is 0 Å². The lowest BCUT2D eigenvalue weighted by atomic mass is 9.98. The van der Waals surface area contributed by atoms with Gasteiger partial charge in [-0.2, -0.15) is 11.8 Å². The Morgan fingerprint density at radius 2 is 1.71 bits per heavy atom. The first-order chi connectivity index (χ1) is 16.3. The van der Waals surface area contributed by atoms with Gasteiger partial charge >= 0.3 is 6.09 Å². The number of carbonyl (C=O) groups is 3. The number of amides is 3. The Morgan fingerprint density at radius 3 is 2.23 bits per heavy atom. The Morgan fingerprint density at radius 1 is 1.06 bits per heavy atom. The molecular formula is C27H45N3O4S. The van der Waals surface area contributed by atoms with E-state index in [-0.39, 0.29) is 17.9 Å². The lowest BCUT2D eigenvalue weighted by molar-refractivity contribution is -0.142. The molecule has 1 aromatic carbocycles. The van der Waals surface area contributed by atoms with Crippen LogP contribution >= 0.6 is 11.8 Å². The Hall–Kier alpha value is -2.22. The molecule has 0 heterocycles. The summed E-state index contributed by atoms with van der Waals surface area (Å²) in [6, 6.07) is 4.24. The van der Waals surface area contributed by atoms with Gasteiger partial charge in [0.15, 0.2) is 0 Å². The number of nitrogens with one attached hydrogen (secondary N) is 2. The number of hydrogen-bond acceptors (Lipinski definition) is 5. The smallest absolute Gasteiger partial charge is 0.408 e. The molecule has 3 unspecified atom stereocenters. The number of aryl methyl sites for hydroxylation is 2. The van der Waals surface area contributed by atoms with Crippen molar-refractivity contribution in [1.82, 2.24) is 15.5 Å². The van der Waals surface area contributed by atoms with Crippen LogP contribution in [0.25, 0.3) is 0 Å². The third-order valence-electron chi connectivity index (χ3n) is 5.74. The molecule has 1 rings (SSSR count). The number of thioether (sulfide) groups is 1. The van der Waals surface area contributed by atoms with Crippen LogP contribution in [0.1, 0.15) is 83.5 Å². The highest BCUT2D eigenvalue weighted by molar-refractivity contribution is 7.98. The summed E-state index contributed by atoms with van der Waals surface area (Å²) in [5.74, 6) is 0.164. The van der Waals surface area contributed by atoms with Crippen LogP contribution in [0.15, 0.2) is 18.2 Å². The molecule has 198 valence electrons. The fraction of sp³-hybridized carbons (Fsp3) is 0.667. The van der Waals surface area contributed by atoms with Crippen LogP contribution in [0.4, 0.5) is 4.79 Å². The number of ether oxygens (including phenoxy) is 1. The maximum atomic E-state index is 13.8. The SMILES string of the molecule is CCCC(C)NC(=O)C(c1ccc(C)c(C)c1)N(CC)C(=O)C(CCSC)NC(=O)OC(C)(C)C. The number of benzene rings is 1. The number of carbonyl (C=O) groups excluding carboxylic acids is 3. The Labute approximate surface area is 216 Å². The van der Waals surface area contributed by atoms with Gasteiger partial charge in [-0.05, 0) is 90.0 Å². The van der Waals surface area contributed by atoms with Crippen LogP contribution < -0.4 is 10.6 Å². The van der Waals surface area contributed by atoms with E-state index in [4.69, 9.17) is 4.74 Å². The predicted molar refractivity (Wildman–Crippen MR) is 145 cm³/mol. The summed E-state index contributed by atoms with van der Waals surface area (Å²) in [4.78, 5) is 41.5. The molecule has 3 amide bonds. The summed E-state index contributed by atoms with van der Waals surface area (Å²) in [7, 11) is 0. The van der Waals surface area contributed by atoms with Crippen molar-refractivity contribution >= 4 is 29.7 Å². The van der Waals surface area contributed by atoms with E-state index in [0.717, 1.165) is 29.5 Å².